The molecule has 1 saturated carbocycles. The minimum absolute atomic E-state index is 0.524. The smallest absolute Gasteiger partial charge is 0.154 e. The van der Waals surface area contributed by atoms with Crippen LogP contribution in [0.3, 0.4) is 0 Å². The van der Waals surface area contributed by atoms with E-state index in [2.05, 4.69) is 32.2 Å². The van der Waals surface area contributed by atoms with Gasteiger partial charge in [-0.05, 0) is 31.7 Å². The number of rotatable bonds is 5. The summed E-state index contributed by atoms with van der Waals surface area (Å²) >= 11 is 0. The second-order valence-electron chi connectivity index (χ2n) is 6.66. The van der Waals surface area contributed by atoms with Gasteiger partial charge in [-0.1, -0.05) is 0 Å². The Kier molecular flexibility index (Phi) is 4.13. The first-order valence-corrected chi connectivity index (χ1v) is 8.49. The van der Waals surface area contributed by atoms with Gasteiger partial charge in [0, 0.05) is 50.7 Å². The van der Waals surface area contributed by atoms with Crippen molar-refractivity contribution >= 4 is 0 Å². The van der Waals surface area contributed by atoms with Gasteiger partial charge in [-0.2, -0.15) is 5.10 Å². The van der Waals surface area contributed by atoms with Crippen LogP contribution in [0.25, 0.3) is 0 Å². The molecule has 3 heterocycles. The molecule has 1 aliphatic heterocycles. The van der Waals surface area contributed by atoms with Crippen molar-refractivity contribution in [1.29, 1.82) is 0 Å². The fourth-order valence-electron chi connectivity index (χ4n) is 3.57. The minimum Gasteiger partial charge on any atom is -0.381 e. The van der Waals surface area contributed by atoms with Gasteiger partial charge in [0.15, 0.2) is 5.82 Å². The summed E-state index contributed by atoms with van der Waals surface area (Å²) < 4.78 is 9.43. The van der Waals surface area contributed by atoms with Crippen LogP contribution < -0.4 is 5.32 Å². The first kappa shape index (κ1) is 14.8. The van der Waals surface area contributed by atoms with Crippen molar-refractivity contribution in [3.8, 4) is 0 Å². The van der Waals surface area contributed by atoms with E-state index in [1.165, 1.54) is 0 Å². The maximum Gasteiger partial charge on any atom is 0.154 e. The third-order valence-electron chi connectivity index (χ3n) is 5.06. The highest BCUT2D eigenvalue weighted by atomic mass is 16.5. The summed E-state index contributed by atoms with van der Waals surface area (Å²) in [5.41, 5.74) is 0. The molecule has 7 heteroatoms. The fraction of sp³-hybridized carbons (Fsp3) is 0.688. The summed E-state index contributed by atoms with van der Waals surface area (Å²) in [4.78, 5) is 0. The van der Waals surface area contributed by atoms with Gasteiger partial charge < -0.3 is 14.6 Å². The Bertz CT molecular complexity index is 625. The Hall–Kier alpha value is -1.73. The number of aromatic nitrogens is 5. The molecule has 2 fully saturated rings. The first-order chi connectivity index (χ1) is 11.3. The van der Waals surface area contributed by atoms with E-state index in [1.54, 1.807) is 6.20 Å². The third kappa shape index (κ3) is 3.16. The van der Waals surface area contributed by atoms with Crippen molar-refractivity contribution in [1.82, 2.24) is 29.9 Å². The van der Waals surface area contributed by atoms with Crippen molar-refractivity contribution in [2.75, 3.05) is 13.2 Å². The molecular weight excluding hydrogens is 292 g/mol. The van der Waals surface area contributed by atoms with Crippen molar-refractivity contribution < 1.29 is 4.74 Å². The summed E-state index contributed by atoms with van der Waals surface area (Å²) in [6.45, 7) is 2.47. The summed E-state index contributed by atoms with van der Waals surface area (Å²) in [6, 6.07) is 3.18. The van der Waals surface area contributed by atoms with Crippen molar-refractivity contribution in [3.63, 3.8) is 0 Å². The lowest BCUT2D eigenvalue weighted by Gasteiger charge is -2.38. The molecule has 4 rings (SSSR count). The highest BCUT2D eigenvalue weighted by Crippen LogP contribution is 2.36. The molecule has 23 heavy (non-hydrogen) atoms. The van der Waals surface area contributed by atoms with Gasteiger partial charge in [0.2, 0.25) is 0 Å². The van der Waals surface area contributed by atoms with E-state index in [0.717, 1.165) is 50.5 Å². The molecule has 1 saturated heterocycles. The first-order valence-electron chi connectivity index (χ1n) is 8.49. The van der Waals surface area contributed by atoms with Crippen molar-refractivity contribution in [2.45, 2.75) is 50.2 Å². The lowest BCUT2D eigenvalue weighted by Crippen LogP contribution is -2.47. The van der Waals surface area contributed by atoms with Crippen LogP contribution >= 0.6 is 0 Å². The summed E-state index contributed by atoms with van der Waals surface area (Å²) in [5.74, 6) is 2.60. The van der Waals surface area contributed by atoms with Gasteiger partial charge in [0.25, 0.3) is 0 Å². The van der Waals surface area contributed by atoms with E-state index in [1.807, 2.05) is 16.9 Å². The topological polar surface area (TPSA) is 69.8 Å². The second kappa shape index (κ2) is 6.41. The molecule has 0 unspecified atom stereocenters. The molecule has 124 valence electrons. The predicted octanol–water partition coefficient (Wildman–Crippen LogP) is 1.07. The third-order valence-corrected chi connectivity index (χ3v) is 5.06. The Labute approximate surface area is 136 Å². The molecule has 0 radical (unpaired) electrons. The normalized spacial score (nSPS) is 25.4. The van der Waals surface area contributed by atoms with E-state index >= 15 is 0 Å². The van der Waals surface area contributed by atoms with Crippen LogP contribution in [0.5, 0.6) is 0 Å². The monoisotopic (exact) mass is 316 g/mol. The van der Waals surface area contributed by atoms with Gasteiger partial charge in [-0.25, -0.2) is 0 Å². The standard InChI is InChI=1S/C16H24N6O/c1-21-15(11-22-6-2-5-17-22)19-20-16(21)12-9-14(10-12)18-13-3-7-23-8-4-13/h2,5-6,12-14,18H,3-4,7-11H2,1H3. The highest BCUT2D eigenvalue weighted by Gasteiger charge is 2.35. The van der Waals surface area contributed by atoms with Crippen LogP contribution in [0.4, 0.5) is 0 Å². The molecule has 2 aromatic heterocycles. The van der Waals surface area contributed by atoms with E-state index in [4.69, 9.17) is 4.74 Å². The number of nitrogens with zero attached hydrogens (tertiary/aromatic N) is 5. The molecule has 0 aromatic carbocycles. The molecular formula is C16H24N6O. The maximum absolute atomic E-state index is 5.42. The Balaban J connectivity index is 1.32. The number of hydrogen-bond donors (Lipinski definition) is 1. The van der Waals surface area contributed by atoms with Gasteiger partial charge in [0.05, 0.1) is 0 Å². The average Bonchev–Trinajstić information content (AvgIpc) is 3.16. The zero-order chi connectivity index (χ0) is 15.6. The van der Waals surface area contributed by atoms with Gasteiger partial charge in [-0.3, -0.25) is 4.68 Å². The maximum atomic E-state index is 5.42. The largest absolute Gasteiger partial charge is 0.381 e. The van der Waals surface area contributed by atoms with Crippen LogP contribution in [0.1, 0.15) is 43.3 Å². The van der Waals surface area contributed by atoms with Gasteiger partial charge >= 0.3 is 0 Å². The van der Waals surface area contributed by atoms with Crippen LogP contribution in [0.2, 0.25) is 0 Å². The van der Waals surface area contributed by atoms with Crippen molar-refractivity contribution in [3.05, 3.63) is 30.1 Å². The van der Waals surface area contributed by atoms with Crippen LogP contribution in [0, 0.1) is 0 Å². The molecule has 0 amide bonds. The molecule has 1 N–H and O–H groups in total. The average molecular weight is 316 g/mol. The van der Waals surface area contributed by atoms with Crippen LogP contribution in [0.15, 0.2) is 18.5 Å². The van der Waals surface area contributed by atoms with E-state index in [0.29, 0.717) is 24.5 Å². The van der Waals surface area contributed by atoms with Gasteiger partial charge in [-0.15, -0.1) is 10.2 Å². The lowest BCUT2D eigenvalue weighted by atomic mass is 9.79. The molecule has 2 aromatic rings. The lowest BCUT2D eigenvalue weighted by molar-refractivity contribution is 0.0694. The predicted molar refractivity (Wildman–Crippen MR) is 85.1 cm³/mol. The highest BCUT2D eigenvalue weighted by molar-refractivity contribution is 5.09. The molecule has 7 nitrogen and oxygen atoms in total. The Morgan fingerprint density at radius 3 is 2.78 bits per heavy atom. The van der Waals surface area contributed by atoms with Crippen LogP contribution in [-0.2, 0) is 18.3 Å². The second-order valence-corrected chi connectivity index (χ2v) is 6.66. The quantitative estimate of drug-likeness (QED) is 0.894. The number of hydrogen-bond acceptors (Lipinski definition) is 5. The van der Waals surface area contributed by atoms with Crippen LogP contribution in [-0.4, -0.2) is 49.8 Å². The van der Waals surface area contributed by atoms with E-state index < -0.39 is 0 Å². The van der Waals surface area contributed by atoms with E-state index in [-0.39, 0.29) is 0 Å². The zero-order valence-electron chi connectivity index (χ0n) is 13.6. The zero-order valence-corrected chi connectivity index (χ0v) is 13.6. The molecule has 1 aliphatic carbocycles. The fourth-order valence-corrected chi connectivity index (χ4v) is 3.57. The summed E-state index contributed by atoms with van der Waals surface area (Å²) in [5, 5.41) is 16.8. The van der Waals surface area contributed by atoms with Gasteiger partial charge in [0.1, 0.15) is 12.4 Å². The summed E-state index contributed by atoms with van der Waals surface area (Å²) in [6.07, 6.45) is 8.33. The SMILES string of the molecule is Cn1c(Cn2cccn2)nnc1C1CC(NC2CCOCC2)C1. The molecule has 0 atom stereocenters. The van der Waals surface area contributed by atoms with E-state index in [9.17, 15) is 0 Å². The molecule has 2 aliphatic rings. The minimum atomic E-state index is 0.524. The molecule has 0 bridgehead atoms. The Morgan fingerprint density at radius 2 is 2.04 bits per heavy atom. The summed E-state index contributed by atoms with van der Waals surface area (Å²) in [7, 11) is 2.06. The number of nitrogens with one attached hydrogen (secondary N) is 1. The number of ether oxygens (including phenoxy) is 1. The molecule has 0 spiro atoms. The van der Waals surface area contributed by atoms with Crippen molar-refractivity contribution in [2.24, 2.45) is 7.05 Å². The Morgan fingerprint density at radius 1 is 1.22 bits per heavy atom.